The Morgan fingerprint density at radius 3 is 2.58 bits per heavy atom. The second-order valence-electron chi connectivity index (χ2n) is 7.44. The van der Waals surface area contributed by atoms with Crippen LogP contribution in [0.1, 0.15) is 43.8 Å². The molecular formula is C17H29Cl2N5O2. The Balaban J connectivity index is 0.00000121. The SMILES string of the molecule is Cc1nc(CN2CCN(C(=O)C3CC4CCCCC4N3)CC2)no1.Cl.Cl. The molecule has 3 aliphatic rings. The van der Waals surface area contributed by atoms with E-state index in [2.05, 4.69) is 20.4 Å². The first-order valence-electron chi connectivity index (χ1n) is 9.25. The molecule has 9 heteroatoms. The normalized spacial score (nSPS) is 28.8. The van der Waals surface area contributed by atoms with E-state index in [0.29, 0.717) is 24.4 Å². The van der Waals surface area contributed by atoms with Crippen LogP contribution >= 0.6 is 24.8 Å². The highest BCUT2D eigenvalue weighted by atomic mass is 35.5. The van der Waals surface area contributed by atoms with E-state index in [0.717, 1.165) is 44.3 Å². The van der Waals surface area contributed by atoms with Crippen LogP contribution < -0.4 is 5.32 Å². The van der Waals surface area contributed by atoms with Crippen LogP contribution in [-0.2, 0) is 11.3 Å². The predicted octanol–water partition coefficient (Wildman–Crippen LogP) is 1.79. The smallest absolute Gasteiger partial charge is 0.239 e. The molecule has 1 saturated carbocycles. The van der Waals surface area contributed by atoms with Crippen LogP contribution in [0.5, 0.6) is 0 Å². The van der Waals surface area contributed by atoms with Crippen molar-refractivity contribution in [3.8, 4) is 0 Å². The van der Waals surface area contributed by atoms with E-state index in [-0.39, 0.29) is 30.9 Å². The molecule has 26 heavy (non-hydrogen) atoms. The molecule has 3 atom stereocenters. The second kappa shape index (κ2) is 9.35. The van der Waals surface area contributed by atoms with Gasteiger partial charge in [0.25, 0.3) is 0 Å². The van der Waals surface area contributed by atoms with Crippen LogP contribution in [-0.4, -0.2) is 64.1 Å². The highest BCUT2D eigenvalue weighted by molar-refractivity contribution is 5.85. The number of nitrogens with zero attached hydrogens (tertiary/aromatic N) is 4. The fourth-order valence-electron chi connectivity index (χ4n) is 4.46. The monoisotopic (exact) mass is 405 g/mol. The standard InChI is InChI=1S/C17H27N5O2.2ClH/c1-12-18-16(20-24-12)11-21-6-8-22(9-7-21)17(23)15-10-13-4-2-3-5-14(13)19-15;;/h13-15,19H,2-11H2,1H3;2*1H. The molecule has 0 spiro atoms. The molecule has 3 heterocycles. The molecule has 2 aliphatic heterocycles. The molecule has 1 aromatic rings. The van der Waals surface area contributed by atoms with E-state index in [1.165, 1.54) is 25.7 Å². The number of fused-ring (bicyclic) bond motifs is 1. The molecule has 1 aromatic heterocycles. The summed E-state index contributed by atoms with van der Waals surface area (Å²) in [6.45, 7) is 5.84. The topological polar surface area (TPSA) is 74.5 Å². The summed E-state index contributed by atoms with van der Waals surface area (Å²) < 4.78 is 5.02. The van der Waals surface area contributed by atoms with Gasteiger partial charge in [-0.3, -0.25) is 9.69 Å². The van der Waals surface area contributed by atoms with Crippen molar-refractivity contribution in [2.24, 2.45) is 5.92 Å². The van der Waals surface area contributed by atoms with Crippen LogP contribution in [0, 0.1) is 12.8 Å². The third-order valence-corrected chi connectivity index (χ3v) is 5.78. The Labute approximate surface area is 167 Å². The first-order valence-corrected chi connectivity index (χ1v) is 9.25. The van der Waals surface area contributed by atoms with E-state index in [4.69, 9.17) is 4.52 Å². The number of rotatable bonds is 3. The molecule has 0 aromatic carbocycles. The first kappa shape index (κ1) is 21.4. The summed E-state index contributed by atoms with van der Waals surface area (Å²) in [5.74, 6) is 2.36. The minimum atomic E-state index is 0. The van der Waals surface area contributed by atoms with Gasteiger partial charge in [0.15, 0.2) is 5.82 Å². The summed E-state index contributed by atoms with van der Waals surface area (Å²) in [7, 11) is 0. The Morgan fingerprint density at radius 2 is 1.92 bits per heavy atom. The fraction of sp³-hybridized carbons (Fsp3) is 0.824. The number of nitrogens with one attached hydrogen (secondary N) is 1. The van der Waals surface area contributed by atoms with E-state index in [1.54, 1.807) is 6.92 Å². The summed E-state index contributed by atoms with van der Waals surface area (Å²) in [5.41, 5.74) is 0. The Hall–Kier alpha value is -0.890. The van der Waals surface area contributed by atoms with E-state index >= 15 is 0 Å². The zero-order valence-electron chi connectivity index (χ0n) is 15.2. The Kier molecular flexibility index (Phi) is 7.70. The van der Waals surface area contributed by atoms with Crippen molar-refractivity contribution < 1.29 is 9.32 Å². The lowest BCUT2D eigenvalue weighted by molar-refractivity contribution is -0.135. The summed E-state index contributed by atoms with van der Waals surface area (Å²) in [6.07, 6.45) is 6.21. The highest BCUT2D eigenvalue weighted by Gasteiger charge is 2.40. The van der Waals surface area contributed by atoms with Gasteiger partial charge in [0, 0.05) is 39.1 Å². The van der Waals surface area contributed by atoms with Crippen molar-refractivity contribution in [1.29, 1.82) is 0 Å². The minimum absolute atomic E-state index is 0. The van der Waals surface area contributed by atoms with Crippen LogP contribution in [0.4, 0.5) is 0 Å². The largest absolute Gasteiger partial charge is 0.340 e. The van der Waals surface area contributed by atoms with Gasteiger partial charge >= 0.3 is 0 Å². The lowest BCUT2D eigenvalue weighted by Gasteiger charge is -2.35. The number of hydrogen-bond acceptors (Lipinski definition) is 6. The number of halogens is 2. The molecule has 1 amide bonds. The molecule has 1 N–H and O–H groups in total. The van der Waals surface area contributed by atoms with E-state index in [1.807, 2.05) is 4.90 Å². The minimum Gasteiger partial charge on any atom is -0.340 e. The number of hydrogen-bond donors (Lipinski definition) is 1. The molecule has 4 rings (SSSR count). The molecule has 0 bridgehead atoms. The maximum Gasteiger partial charge on any atom is 0.239 e. The molecular weight excluding hydrogens is 377 g/mol. The zero-order chi connectivity index (χ0) is 16.5. The van der Waals surface area contributed by atoms with E-state index < -0.39 is 0 Å². The number of carbonyl (C=O) groups excluding carboxylic acids is 1. The van der Waals surface area contributed by atoms with Crippen LogP contribution in [0.15, 0.2) is 4.52 Å². The average Bonchev–Trinajstić information content (AvgIpc) is 3.21. The highest BCUT2D eigenvalue weighted by Crippen LogP contribution is 2.33. The fourth-order valence-corrected chi connectivity index (χ4v) is 4.46. The lowest BCUT2D eigenvalue weighted by Crippen LogP contribution is -2.53. The zero-order valence-corrected chi connectivity index (χ0v) is 16.9. The summed E-state index contributed by atoms with van der Waals surface area (Å²) in [5, 5.41) is 7.56. The number of aryl methyl sites for hydroxylation is 1. The summed E-state index contributed by atoms with van der Waals surface area (Å²) in [6, 6.07) is 0.625. The third-order valence-electron chi connectivity index (χ3n) is 5.78. The van der Waals surface area contributed by atoms with Gasteiger partial charge in [0.05, 0.1) is 12.6 Å². The average molecular weight is 406 g/mol. The lowest BCUT2D eigenvalue weighted by atomic mass is 9.85. The molecule has 0 radical (unpaired) electrons. The molecule has 3 fully saturated rings. The van der Waals surface area contributed by atoms with Gasteiger partial charge in [0.1, 0.15) is 0 Å². The van der Waals surface area contributed by atoms with Gasteiger partial charge in [-0.25, -0.2) is 0 Å². The molecule has 7 nitrogen and oxygen atoms in total. The van der Waals surface area contributed by atoms with Gasteiger partial charge in [0.2, 0.25) is 11.8 Å². The number of piperazine rings is 1. The Morgan fingerprint density at radius 1 is 1.19 bits per heavy atom. The first-order chi connectivity index (χ1) is 11.7. The van der Waals surface area contributed by atoms with Crippen LogP contribution in [0.3, 0.4) is 0 Å². The van der Waals surface area contributed by atoms with Crippen molar-refractivity contribution in [3.63, 3.8) is 0 Å². The van der Waals surface area contributed by atoms with Gasteiger partial charge in [-0.1, -0.05) is 18.0 Å². The number of carbonyl (C=O) groups is 1. The van der Waals surface area contributed by atoms with Gasteiger partial charge in [-0.15, -0.1) is 24.8 Å². The number of aromatic nitrogens is 2. The Bertz CT molecular complexity index is 577. The summed E-state index contributed by atoms with van der Waals surface area (Å²) >= 11 is 0. The van der Waals surface area contributed by atoms with Gasteiger partial charge in [-0.2, -0.15) is 4.98 Å². The van der Waals surface area contributed by atoms with E-state index in [9.17, 15) is 4.79 Å². The van der Waals surface area contributed by atoms with Crippen molar-refractivity contribution in [2.75, 3.05) is 26.2 Å². The summed E-state index contributed by atoms with van der Waals surface area (Å²) in [4.78, 5) is 21.4. The maximum absolute atomic E-state index is 12.8. The van der Waals surface area contributed by atoms with Crippen molar-refractivity contribution >= 4 is 30.7 Å². The molecule has 148 valence electrons. The molecule has 3 unspecified atom stereocenters. The van der Waals surface area contributed by atoms with Gasteiger partial charge < -0.3 is 14.7 Å². The van der Waals surface area contributed by atoms with Crippen LogP contribution in [0.25, 0.3) is 0 Å². The predicted molar refractivity (Wildman–Crippen MR) is 103 cm³/mol. The molecule has 2 saturated heterocycles. The van der Waals surface area contributed by atoms with Crippen LogP contribution in [0.2, 0.25) is 0 Å². The maximum atomic E-state index is 12.8. The third kappa shape index (κ3) is 4.68. The second-order valence-corrected chi connectivity index (χ2v) is 7.44. The molecule has 1 aliphatic carbocycles. The van der Waals surface area contributed by atoms with Crippen molar-refractivity contribution in [3.05, 3.63) is 11.7 Å². The van der Waals surface area contributed by atoms with Crippen molar-refractivity contribution in [2.45, 2.75) is 57.7 Å². The van der Waals surface area contributed by atoms with Gasteiger partial charge in [-0.05, 0) is 25.2 Å². The van der Waals surface area contributed by atoms with Crippen molar-refractivity contribution in [1.82, 2.24) is 25.3 Å². The number of amides is 1. The quantitative estimate of drug-likeness (QED) is 0.825.